The number of allylic oxidation sites excluding steroid dienone is 3. The van der Waals surface area contributed by atoms with Crippen molar-refractivity contribution in [3.63, 3.8) is 0 Å². The van der Waals surface area contributed by atoms with Gasteiger partial charge in [0.1, 0.15) is 5.82 Å². The topological polar surface area (TPSA) is 95.5 Å². The predicted molar refractivity (Wildman–Crippen MR) is 67.2 cm³/mol. The molecule has 0 radical (unpaired) electrons. The molecule has 0 amide bonds. The lowest BCUT2D eigenvalue weighted by molar-refractivity contribution is -0.00538. The molecule has 0 aromatic carbocycles. The molecular formula is C11H10N4O2S. The van der Waals surface area contributed by atoms with E-state index < -0.39 is 10.0 Å². The summed E-state index contributed by atoms with van der Waals surface area (Å²) in [5.41, 5.74) is 8.96. The number of hydrogen-bond acceptors (Lipinski definition) is 3. The zero-order valence-corrected chi connectivity index (χ0v) is 10.1. The molecule has 0 saturated carbocycles. The summed E-state index contributed by atoms with van der Waals surface area (Å²) in [4.78, 5) is 7.02. The van der Waals surface area contributed by atoms with Gasteiger partial charge in [-0.25, -0.2) is 13.4 Å². The van der Waals surface area contributed by atoms with Crippen molar-refractivity contribution in [1.82, 2.24) is 4.98 Å². The lowest BCUT2D eigenvalue weighted by Gasteiger charge is -2.08. The summed E-state index contributed by atoms with van der Waals surface area (Å²) in [5.74, 6) is 0.258. The summed E-state index contributed by atoms with van der Waals surface area (Å²) >= 11 is 0. The van der Waals surface area contributed by atoms with Crippen LogP contribution in [0.2, 0.25) is 0 Å². The molecule has 0 aliphatic heterocycles. The summed E-state index contributed by atoms with van der Waals surface area (Å²) < 4.78 is 26.3. The normalized spacial score (nSPS) is 14.9. The van der Waals surface area contributed by atoms with Crippen LogP contribution >= 0.6 is 0 Å². The van der Waals surface area contributed by atoms with Gasteiger partial charge in [-0.2, -0.15) is 4.79 Å². The van der Waals surface area contributed by atoms with Gasteiger partial charge >= 0.3 is 0 Å². The summed E-state index contributed by atoms with van der Waals surface area (Å²) in [6.45, 7) is 0. The monoisotopic (exact) mass is 262 g/mol. The van der Waals surface area contributed by atoms with Crippen molar-refractivity contribution in [1.29, 1.82) is 0 Å². The Morgan fingerprint density at radius 1 is 1.33 bits per heavy atom. The van der Waals surface area contributed by atoms with E-state index in [-0.39, 0.29) is 17.1 Å². The summed E-state index contributed by atoms with van der Waals surface area (Å²) in [6.07, 6.45) is 6.07. The Hall–Kier alpha value is -2.24. The Balaban J connectivity index is 2.21. The van der Waals surface area contributed by atoms with E-state index in [2.05, 4.69) is 14.5 Å². The van der Waals surface area contributed by atoms with E-state index in [1.165, 1.54) is 24.4 Å². The van der Waals surface area contributed by atoms with Crippen molar-refractivity contribution < 1.29 is 13.2 Å². The molecule has 92 valence electrons. The van der Waals surface area contributed by atoms with Crippen molar-refractivity contribution in [2.24, 2.45) is 0 Å². The maximum atomic E-state index is 12.0. The molecule has 2 rings (SSSR count). The van der Waals surface area contributed by atoms with Crippen LogP contribution in [-0.2, 0) is 10.0 Å². The molecule has 0 atom stereocenters. The standard InChI is InChI=1S/C11H10N4O2S/c12-14-9-4-6-10(7-5-9)18(16,17)15-11-3-1-2-8-13-11/h1-4,6-8H,5H2,(H,13,15). The van der Waals surface area contributed by atoms with E-state index in [4.69, 9.17) is 5.53 Å². The second-order valence-electron chi connectivity index (χ2n) is 3.56. The minimum atomic E-state index is -3.64. The van der Waals surface area contributed by atoms with Gasteiger partial charge in [0.15, 0.2) is 0 Å². The number of aromatic nitrogens is 1. The first kappa shape index (κ1) is 12.2. The molecule has 0 unspecified atom stereocenters. The van der Waals surface area contributed by atoms with Gasteiger partial charge in [0.25, 0.3) is 15.7 Å². The Morgan fingerprint density at radius 3 is 2.72 bits per heavy atom. The first-order valence-corrected chi connectivity index (χ1v) is 6.63. The number of pyridine rings is 1. The highest BCUT2D eigenvalue weighted by Crippen LogP contribution is 2.16. The lowest BCUT2D eigenvalue weighted by Crippen LogP contribution is -2.16. The van der Waals surface area contributed by atoms with Gasteiger partial charge in [0.2, 0.25) is 0 Å². The highest BCUT2D eigenvalue weighted by atomic mass is 32.2. The van der Waals surface area contributed by atoms with Crippen molar-refractivity contribution in [3.8, 4) is 0 Å². The Kier molecular flexibility index (Phi) is 3.36. The molecule has 1 aliphatic carbocycles. The van der Waals surface area contributed by atoms with Gasteiger partial charge in [0.05, 0.1) is 11.3 Å². The lowest BCUT2D eigenvalue weighted by atomic mass is 10.2. The fraction of sp³-hybridized carbons (Fsp3) is 0.0909. The fourth-order valence-electron chi connectivity index (χ4n) is 1.41. The maximum absolute atomic E-state index is 12.0. The molecule has 6 nitrogen and oxygen atoms in total. The second kappa shape index (κ2) is 4.95. The average Bonchev–Trinajstić information content (AvgIpc) is 2.39. The van der Waals surface area contributed by atoms with Crippen LogP contribution < -0.4 is 4.72 Å². The van der Waals surface area contributed by atoms with Crippen LogP contribution in [0.1, 0.15) is 6.42 Å². The predicted octanol–water partition coefficient (Wildman–Crippen LogP) is 1.34. The Labute approximate surface area is 104 Å². The summed E-state index contributed by atoms with van der Waals surface area (Å²) in [5, 5.41) is 0. The molecule has 7 heteroatoms. The van der Waals surface area contributed by atoms with Crippen LogP contribution in [0.3, 0.4) is 0 Å². The van der Waals surface area contributed by atoms with Crippen LogP contribution in [-0.4, -0.2) is 23.9 Å². The molecule has 1 aliphatic rings. The van der Waals surface area contributed by atoms with Gasteiger partial charge < -0.3 is 5.53 Å². The Morgan fingerprint density at radius 2 is 2.17 bits per heavy atom. The first-order chi connectivity index (χ1) is 8.62. The van der Waals surface area contributed by atoms with E-state index in [9.17, 15) is 8.42 Å². The van der Waals surface area contributed by atoms with Gasteiger partial charge in [-0.1, -0.05) is 12.1 Å². The molecule has 0 bridgehead atoms. The largest absolute Gasteiger partial charge is 0.361 e. The van der Waals surface area contributed by atoms with Crippen molar-refractivity contribution in [3.05, 3.63) is 53.1 Å². The van der Waals surface area contributed by atoms with Crippen LogP contribution in [0.15, 0.2) is 47.5 Å². The number of hydrogen-bond donors (Lipinski definition) is 1. The molecule has 1 aromatic rings. The smallest absolute Gasteiger partial charge is 0.295 e. The van der Waals surface area contributed by atoms with Crippen molar-refractivity contribution >= 4 is 21.6 Å². The minimum Gasteiger partial charge on any atom is -0.361 e. The number of rotatable bonds is 3. The maximum Gasteiger partial charge on any atom is 0.295 e. The van der Waals surface area contributed by atoms with Crippen molar-refractivity contribution in [2.75, 3.05) is 4.72 Å². The highest BCUT2D eigenvalue weighted by Gasteiger charge is 2.20. The van der Waals surface area contributed by atoms with Gasteiger partial charge in [-0.15, -0.1) is 0 Å². The van der Waals surface area contributed by atoms with Crippen LogP contribution in [0.4, 0.5) is 5.82 Å². The average molecular weight is 262 g/mol. The van der Waals surface area contributed by atoms with E-state index in [1.807, 2.05) is 0 Å². The molecule has 18 heavy (non-hydrogen) atoms. The third-order valence-electron chi connectivity index (χ3n) is 2.29. The zero-order valence-electron chi connectivity index (χ0n) is 9.31. The summed E-state index contributed by atoms with van der Waals surface area (Å²) in [6, 6.07) is 4.94. The molecule has 0 fully saturated rings. The number of anilines is 1. The van der Waals surface area contributed by atoms with Gasteiger partial charge in [0, 0.05) is 12.3 Å². The van der Waals surface area contributed by atoms with E-state index in [0.29, 0.717) is 5.71 Å². The molecule has 1 aromatic heterocycles. The van der Waals surface area contributed by atoms with Crippen LogP contribution in [0, 0.1) is 0 Å². The van der Waals surface area contributed by atoms with E-state index >= 15 is 0 Å². The van der Waals surface area contributed by atoms with Crippen molar-refractivity contribution in [2.45, 2.75) is 6.42 Å². The van der Waals surface area contributed by atoms with E-state index in [0.717, 1.165) is 0 Å². The molecule has 1 heterocycles. The molecule has 0 saturated heterocycles. The number of sulfonamides is 1. The molecular weight excluding hydrogens is 252 g/mol. The third-order valence-corrected chi connectivity index (χ3v) is 3.70. The number of nitrogens with one attached hydrogen (secondary N) is 1. The third kappa shape index (κ3) is 2.71. The number of nitrogens with zero attached hydrogens (tertiary/aromatic N) is 3. The molecule has 0 spiro atoms. The quantitative estimate of drug-likeness (QED) is 0.657. The minimum absolute atomic E-state index is 0.126. The first-order valence-electron chi connectivity index (χ1n) is 5.15. The molecule has 1 N–H and O–H groups in total. The summed E-state index contributed by atoms with van der Waals surface area (Å²) in [7, 11) is -3.64. The SMILES string of the molecule is [N-]=[N+]=C1C=CC(S(=O)(=O)Nc2ccccn2)=CC1. The highest BCUT2D eigenvalue weighted by molar-refractivity contribution is 7.96. The Bertz CT molecular complexity index is 656. The van der Waals surface area contributed by atoms with E-state index in [1.54, 1.807) is 18.2 Å². The second-order valence-corrected chi connectivity index (χ2v) is 5.24. The zero-order chi connectivity index (χ0) is 13.0. The van der Waals surface area contributed by atoms with Gasteiger partial charge in [-0.05, 0) is 18.2 Å². The fourth-order valence-corrected chi connectivity index (χ4v) is 2.48. The van der Waals surface area contributed by atoms with Gasteiger partial charge in [-0.3, -0.25) is 4.72 Å². The van der Waals surface area contributed by atoms with Crippen LogP contribution in [0.5, 0.6) is 0 Å². The van der Waals surface area contributed by atoms with Crippen LogP contribution in [0.25, 0.3) is 5.53 Å².